The Morgan fingerprint density at radius 3 is 2.41 bits per heavy atom. The first-order valence-electron chi connectivity index (χ1n) is 8.28. The number of pyridine rings is 1. The zero-order chi connectivity index (χ0) is 19.6. The minimum Gasteiger partial charge on any atom is -0.507 e. The van der Waals surface area contributed by atoms with Gasteiger partial charge in [0.05, 0.1) is 31.9 Å². The molecule has 0 saturated carbocycles. The number of fused-ring (bicyclic) bond motifs is 1. The molecule has 140 valence electrons. The number of methoxy groups -OCH3 is 2. The third kappa shape index (κ3) is 3.19. The van der Waals surface area contributed by atoms with Gasteiger partial charge in [-0.3, -0.25) is 4.79 Å². The lowest BCUT2D eigenvalue weighted by Gasteiger charge is -2.11. The number of phenolic OH excluding ortho intramolecular Hbond substituents is 1. The third-order valence-electron chi connectivity index (χ3n) is 4.15. The summed E-state index contributed by atoms with van der Waals surface area (Å²) < 4.78 is 17.0. The van der Waals surface area contributed by atoms with Gasteiger partial charge in [0.15, 0.2) is 17.3 Å². The van der Waals surface area contributed by atoms with Crippen LogP contribution < -0.4 is 9.47 Å². The minimum atomic E-state index is -0.533. The Balaban J connectivity index is 2.16. The van der Waals surface area contributed by atoms with Gasteiger partial charge >= 0.3 is 5.97 Å². The fourth-order valence-corrected chi connectivity index (χ4v) is 2.89. The van der Waals surface area contributed by atoms with Crippen LogP contribution in [0.25, 0.3) is 5.52 Å². The summed E-state index contributed by atoms with van der Waals surface area (Å²) in [6.07, 6.45) is 1.67. The molecule has 0 saturated heterocycles. The molecule has 0 atom stereocenters. The van der Waals surface area contributed by atoms with Gasteiger partial charge in [0, 0.05) is 17.8 Å². The van der Waals surface area contributed by atoms with Crippen molar-refractivity contribution >= 4 is 17.3 Å². The molecule has 7 nitrogen and oxygen atoms in total. The van der Waals surface area contributed by atoms with Gasteiger partial charge in [-0.1, -0.05) is 6.07 Å². The van der Waals surface area contributed by atoms with Crippen LogP contribution in [0.15, 0.2) is 42.6 Å². The normalized spacial score (nSPS) is 10.6. The van der Waals surface area contributed by atoms with Crippen LogP contribution in [0, 0.1) is 0 Å². The van der Waals surface area contributed by atoms with Crippen LogP contribution in [0.1, 0.15) is 33.3 Å². The third-order valence-corrected chi connectivity index (χ3v) is 4.15. The molecule has 0 aliphatic rings. The maximum absolute atomic E-state index is 13.1. The van der Waals surface area contributed by atoms with E-state index in [4.69, 9.17) is 14.2 Å². The van der Waals surface area contributed by atoms with E-state index in [-0.39, 0.29) is 29.2 Å². The first-order chi connectivity index (χ1) is 13.0. The van der Waals surface area contributed by atoms with Crippen molar-refractivity contribution < 1.29 is 28.9 Å². The molecule has 0 fully saturated rings. The van der Waals surface area contributed by atoms with Crippen LogP contribution >= 0.6 is 0 Å². The molecule has 3 aromatic rings. The molecule has 7 heteroatoms. The predicted molar refractivity (Wildman–Crippen MR) is 98.0 cm³/mol. The molecule has 27 heavy (non-hydrogen) atoms. The maximum Gasteiger partial charge on any atom is 0.355 e. The number of aromatic hydroxyl groups is 1. The van der Waals surface area contributed by atoms with E-state index >= 15 is 0 Å². The maximum atomic E-state index is 13.1. The van der Waals surface area contributed by atoms with Crippen molar-refractivity contribution in [2.75, 3.05) is 20.8 Å². The van der Waals surface area contributed by atoms with E-state index in [9.17, 15) is 14.7 Å². The number of esters is 1. The fraction of sp³-hybridized carbons (Fsp3) is 0.200. The van der Waals surface area contributed by atoms with Crippen LogP contribution in [0.3, 0.4) is 0 Å². The zero-order valence-corrected chi connectivity index (χ0v) is 15.2. The van der Waals surface area contributed by atoms with Crippen LogP contribution in [0.2, 0.25) is 0 Å². The Kier molecular flexibility index (Phi) is 5.03. The molecule has 0 radical (unpaired) electrons. The number of hydrogen-bond donors (Lipinski definition) is 1. The quantitative estimate of drug-likeness (QED) is 0.531. The number of aromatic nitrogens is 1. The summed E-state index contributed by atoms with van der Waals surface area (Å²) in [7, 11) is 2.88. The van der Waals surface area contributed by atoms with E-state index in [2.05, 4.69) is 0 Å². The van der Waals surface area contributed by atoms with Gasteiger partial charge in [0.25, 0.3) is 0 Å². The first-order valence-corrected chi connectivity index (χ1v) is 8.28. The fourth-order valence-electron chi connectivity index (χ4n) is 2.89. The summed E-state index contributed by atoms with van der Waals surface area (Å²) in [6.45, 7) is 1.93. The van der Waals surface area contributed by atoms with Crippen molar-refractivity contribution in [2.45, 2.75) is 6.92 Å². The second-order valence-corrected chi connectivity index (χ2v) is 5.67. The number of ether oxygens (including phenoxy) is 3. The highest BCUT2D eigenvalue weighted by atomic mass is 16.5. The lowest BCUT2D eigenvalue weighted by Crippen LogP contribution is -2.07. The van der Waals surface area contributed by atoms with Gasteiger partial charge < -0.3 is 23.7 Å². The summed E-state index contributed by atoms with van der Waals surface area (Å²) in [5, 5.41) is 10.3. The smallest absolute Gasteiger partial charge is 0.355 e. The number of rotatable bonds is 6. The molecule has 0 bridgehead atoms. The number of hydrogen-bond acceptors (Lipinski definition) is 6. The molecule has 0 aliphatic heterocycles. The lowest BCUT2D eigenvalue weighted by molar-refractivity contribution is 0.0518. The molecule has 1 N–H and O–H groups in total. The molecule has 0 unspecified atom stereocenters. The largest absolute Gasteiger partial charge is 0.507 e. The topological polar surface area (TPSA) is 86.5 Å². The number of nitrogens with zero attached hydrogens (tertiary/aromatic N) is 1. The van der Waals surface area contributed by atoms with Crippen molar-refractivity contribution in [3.8, 4) is 17.2 Å². The second-order valence-electron chi connectivity index (χ2n) is 5.67. The minimum absolute atomic E-state index is 0.0411. The van der Waals surface area contributed by atoms with Crippen molar-refractivity contribution in [3.05, 3.63) is 59.4 Å². The second kappa shape index (κ2) is 7.41. The van der Waals surface area contributed by atoms with E-state index in [1.165, 1.54) is 32.4 Å². The lowest BCUT2D eigenvalue weighted by atomic mass is 10.0. The Bertz CT molecular complexity index is 1020. The summed E-state index contributed by atoms with van der Waals surface area (Å²) in [5.41, 5.74) is 1.07. The molecule has 0 aliphatic carbocycles. The highest BCUT2D eigenvalue weighted by Crippen LogP contribution is 2.35. The molecule has 3 rings (SSSR count). The van der Waals surface area contributed by atoms with Crippen LogP contribution in [0.5, 0.6) is 17.2 Å². The Morgan fingerprint density at radius 1 is 1.04 bits per heavy atom. The molecular weight excluding hydrogens is 350 g/mol. The van der Waals surface area contributed by atoms with Crippen LogP contribution in [0.4, 0.5) is 0 Å². The van der Waals surface area contributed by atoms with E-state index in [0.717, 1.165) is 0 Å². The number of benzene rings is 1. The first kappa shape index (κ1) is 18.3. The van der Waals surface area contributed by atoms with Gasteiger partial charge in [-0.05, 0) is 31.2 Å². The summed E-state index contributed by atoms with van der Waals surface area (Å²) in [4.78, 5) is 25.4. The van der Waals surface area contributed by atoms with Gasteiger partial charge in [-0.25, -0.2) is 4.79 Å². The number of phenols is 1. The van der Waals surface area contributed by atoms with Gasteiger partial charge in [0.1, 0.15) is 11.4 Å². The Morgan fingerprint density at radius 2 is 1.74 bits per heavy atom. The van der Waals surface area contributed by atoms with Gasteiger partial charge in [-0.2, -0.15) is 0 Å². The summed E-state index contributed by atoms with van der Waals surface area (Å²) >= 11 is 0. The van der Waals surface area contributed by atoms with Crippen LogP contribution in [-0.4, -0.2) is 42.1 Å². The van der Waals surface area contributed by atoms with E-state index in [1.807, 2.05) is 0 Å². The summed E-state index contributed by atoms with van der Waals surface area (Å²) in [6, 6.07) is 9.41. The van der Waals surface area contributed by atoms with E-state index in [0.29, 0.717) is 17.0 Å². The highest BCUT2D eigenvalue weighted by Gasteiger charge is 2.24. The number of carbonyl (C=O) groups is 2. The standard InChI is InChI=1S/C20H19NO6/c1-4-27-20(24)15-9-12(14-7-5-6-8-21(14)15)19(23)13-10-17(25-2)18(26-3)11-16(13)22/h5-11,22H,4H2,1-3H3. The molecule has 2 heterocycles. The monoisotopic (exact) mass is 369 g/mol. The average molecular weight is 369 g/mol. The molecule has 2 aromatic heterocycles. The molecule has 0 spiro atoms. The molecule has 0 amide bonds. The van der Waals surface area contributed by atoms with Crippen molar-refractivity contribution in [3.63, 3.8) is 0 Å². The zero-order valence-electron chi connectivity index (χ0n) is 15.2. The molecular formula is C20H19NO6. The Labute approximate surface area is 155 Å². The predicted octanol–water partition coefficient (Wildman–Crippen LogP) is 3.07. The highest BCUT2D eigenvalue weighted by molar-refractivity contribution is 6.16. The van der Waals surface area contributed by atoms with Gasteiger partial charge in [-0.15, -0.1) is 0 Å². The Hall–Kier alpha value is -3.48. The van der Waals surface area contributed by atoms with Gasteiger partial charge in [0.2, 0.25) is 0 Å². The number of ketones is 1. The van der Waals surface area contributed by atoms with Crippen LogP contribution in [-0.2, 0) is 4.74 Å². The van der Waals surface area contributed by atoms with Crippen molar-refractivity contribution in [2.24, 2.45) is 0 Å². The number of carbonyl (C=O) groups excluding carboxylic acids is 2. The van der Waals surface area contributed by atoms with Crippen molar-refractivity contribution in [1.82, 2.24) is 4.40 Å². The van der Waals surface area contributed by atoms with E-state index in [1.54, 1.807) is 35.7 Å². The van der Waals surface area contributed by atoms with Crippen molar-refractivity contribution in [1.29, 1.82) is 0 Å². The average Bonchev–Trinajstić information content (AvgIpc) is 3.07. The summed E-state index contributed by atoms with van der Waals surface area (Å²) in [5.74, 6) is -0.610. The van der Waals surface area contributed by atoms with E-state index < -0.39 is 11.8 Å². The SMILES string of the molecule is CCOC(=O)c1cc(C(=O)c2cc(OC)c(OC)cc2O)c2ccccn12. The molecule has 1 aromatic carbocycles.